The first kappa shape index (κ1) is 18.3. The highest BCUT2D eigenvalue weighted by Crippen LogP contribution is 2.67. The van der Waals surface area contributed by atoms with Gasteiger partial charge in [-0.05, 0) is 49.0 Å². The minimum atomic E-state index is -0.409. The molecule has 5 nitrogen and oxygen atoms in total. The second-order valence-corrected chi connectivity index (χ2v) is 10.4. The molecule has 2 aliphatic carbocycles. The van der Waals surface area contributed by atoms with Crippen molar-refractivity contribution < 1.29 is 19.7 Å². The standard InChI is InChI=1S/C23H31NO4/c1-12-5-6-17-21(2,3)18(26)7-8-22(17,4)23(12)10-14-16(25)9-13-15(19(14)28-23)11-24-20(13)27/h9,12,17-18,25-26H,5-8,10-11H2,1-4H3,(H,24,27)/t12-,17?,18-,22+,23-/m1/s1. The highest BCUT2D eigenvalue weighted by molar-refractivity contribution is 6.00. The van der Waals surface area contributed by atoms with Gasteiger partial charge in [-0.1, -0.05) is 27.7 Å². The maximum Gasteiger partial charge on any atom is 0.252 e. The van der Waals surface area contributed by atoms with E-state index in [1.54, 1.807) is 6.07 Å². The Hall–Kier alpha value is -1.75. The van der Waals surface area contributed by atoms with E-state index in [1.165, 1.54) is 0 Å². The Labute approximate surface area is 166 Å². The summed E-state index contributed by atoms with van der Waals surface area (Å²) in [4.78, 5) is 12.2. The van der Waals surface area contributed by atoms with Crippen molar-refractivity contribution >= 4 is 5.91 Å². The molecule has 28 heavy (non-hydrogen) atoms. The van der Waals surface area contributed by atoms with Crippen molar-refractivity contribution in [2.24, 2.45) is 22.7 Å². The highest BCUT2D eigenvalue weighted by Gasteiger charge is 2.67. The number of hydrogen-bond acceptors (Lipinski definition) is 4. The van der Waals surface area contributed by atoms with Gasteiger partial charge in [0.15, 0.2) is 0 Å². The third-order valence-corrected chi connectivity index (χ3v) is 8.97. The molecule has 5 atom stereocenters. The number of phenolic OH excluding ortho intramolecular Hbond substituents is 1. The van der Waals surface area contributed by atoms with Gasteiger partial charge in [0, 0.05) is 29.5 Å². The van der Waals surface area contributed by atoms with Gasteiger partial charge in [-0.2, -0.15) is 0 Å². The number of carbonyl (C=O) groups excluding carboxylic acids is 1. The minimum Gasteiger partial charge on any atom is -0.508 e. The Bertz CT molecular complexity index is 878. The maximum atomic E-state index is 12.2. The third-order valence-electron chi connectivity index (χ3n) is 8.97. The molecule has 1 aromatic rings. The number of aromatic hydroxyl groups is 1. The van der Waals surface area contributed by atoms with Gasteiger partial charge in [-0.15, -0.1) is 0 Å². The molecule has 0 saturated heterocycles. The van der Waals surface area contributed by atoms with Crippen molar-refractivity contribution in [1.82, 2.24) is 5.32 Å². The first-order valence-electron chi connectivity index (χ1n) is 10.6. The van der Waals surface area contributed by atoms with Crippen molar-refractivity contribution in [2.45, 2.75) is 78.0 Å². The van der Waals surface area contributed by atoms with Crippen LogP contribution < -0.4 is 10.1 Å². The van der Waals surface area contributed by atoms with Crippen LogP contribution in [0.5, 0.6) is 11.5 Å². The molecule has 5 rings (SSSR count). The lowest BCUT2D eigenvalue weighted by atomic mass is 9.43. The van der Waals surface area contributed by atoms with Crippen LogP contribution in [0.1, 0.15) is 74.9 Å². The Kier molecular flexibility index (Phi) is 3.55. The van der Waals surface area contributed by atoms with Crippen LogP contribution in [0.2, 0.25) is 0 Å². The fraction of sp³-hybridized carbons (Fsp3) is 0.696. The van der Waals surface area contributed by atoms with Crippen LogP contribution in [0.4, 0.5) is 0 Å². The van der Waals surface area contributed by atoms with Gasteiger partial charge in [0.05, 0.1) is 11.7 Å². The van der Waals surface area contributed by atoms with Crippen LogP contribution in [0, 0.1) is 22.7 Å². The van der Waals surface area contributed by atoms with Crippen molar-refractivity contribution in [3.8, 4) is 11.5 Å². The van der Waals surface area contributed by atoms with Crippen LogP contribution in [-0.2, 0) is 13.0 Å². The first-order valence-corrected chi connectivity index (χ1v) is 10.6. The number of rotatable bonds is 0. The largest absolute Gasteiger partial charge is 0.508 e. The highest BCUT2D eigenvalue weighted by atomic mass is 16.5. The average molecular weight is 386 g/mol. The van der Waals surface area contributed by atoms with E-state index in [-0.39, 0.29) is 28.6 Å². The van der Waals surface area contributed by atoms with Gasteiger partial charge in [-0.25, -0.2) is 0 Å². The number of benzene rings is 1. The molecular weight excluding hydrogens is 354 g/mol. The molecule has 152 valence electrons. The molecule has 1 amide bonds. The van der Waals surface area contributed by atoms with Crippen molar-refractivity contribution in [1.29, 1.82) is 0 Å². The normalized spacial score (nSPS) is 40.5. The Morgan fingerprint density at radius 1 is 1.18 bits per heavy atom. The zero-order valence-corrected chi connectivity index (χ0v) is 17.3. The molecule has 1 spiro atoms. The number of nitrogens with one attached hydrogen (secondary N) is 1. The smallest absolute Gasteiger partial charge is 0.252 e. The minimum absolute atomic E-state index is 0.0955. The summed E-state index contributed by atoms with van der Waals surface area (Å²) in [7, 11) is 0. The lowest BCUT2D eigenvalue weighted by Gasteiger charge is -2.64. The lowest BCUT2D eigenvalue weighted by molar-refractivity contribution is -0.210. The van der Waals surface area contributed by atoms with Crippen LogP contribution in [0.3, 0.4) is 0 Å². The number of hydrogen-bond donors (Lipinski definition) is 3. The Balaban J connectivity index is 1.65. The Morgan fingerprint density at radius 2 is 1.93 bits per heavy atom. The monoisotopic (exact) mass is 385 g/mol. The fourth-order valence-electron chi connectivity index (χ4n) is 7.19. The topological polar surface area (TPSA) is 78.8 Å². The summed E-state index contributed by atoms with van der Waals surface area (Å²) >= 11 is 0. The quantitative estimate of drug-likeness (QED) is 0.638. The van der Waals surface area contributed by atoms with Crippen LogP contribution in [0.25, 0.3) is 0 Å². The van der Waals surface area contributed by atoms with Gasteiger partial charge >= 0.3 is 0 Å². The molecule has 1 unspecified atom stereocenters. The molecule has 2 saturated carbocycles. The zero-order valence-electron chi connectivity index (χ0n) is 17.3. The average Bonchev–Trinajstić information content (AvgIpc) is 3.20. The zero-order chi connectivity index (χ0) is 20.1. The van der Waals surface area contributed by atoms with E-state index in [4.69, 9.17) is 4.74 Å². The summed E-state index contributed by atoms with van der Waals surface area (Å²) in [6, 6.07) is 1.61. The molecule has 4 aliphatic rings. The van der Waals surface area contributed by atoms with E-state index in [1.807, 2.05) is 0 Å². The van der Waals surface area contributed by atoms with E-state index < -0.39 is 5.60 Å². The van der Waals surface area contributed by atoms with E-state index in [2.05, 4.69) is 33.0 Å². The van der Waals surface area contributed by atoms with Crippen molar-refractivity contribution in [2.75, 3.05) is 0 Å². The molecule has 2 aliphatic heterocycles. The predicted octanol–water partition coefficient (Wildman–Crippen LogP) is 3.54. The molecule has 3 N–H and O–H groups in total. The van der Waals surface area contributed by atoms with Gasteiger partial charge in [0.1, 0.15) is 17.1 Å². The lowest BCUT2D eigenvalue weighted by Crippen LogP contribution is -2.66. The van der Waals surface area contributed by atoms with Crippen LogP contribution in [0.15, 0.2) is 6.07 Å². The number of aliphatic hydroxyl groups is 1. The number of aliphatic hydroxyl groups excluding tert-OH is 1. The van der Waals surface area contributed by atoms with Crippen LogP contribution >= 0.6 is 0 Å². The molecular formula is C23H31NO4. The molecule has 0 aromatic heterocycles. The fourth-order valence-corrected chi connectivity index (χ4v) is 7.19. The van der Waals surface area contributed by atoms with E-state index in [0.29, 0.717) is 30.4 Å². The summed E-state index contributed by atoms with van der Waals surface area (Å²) in [6.45, 7) is 9.47. The van der Waals surface area contributed by atoms with Crippen molar-refractivity contribution in [3.05, 3.63) is 22.8 Å². The SMILES string of the molecule is C[C@@H]1CCC2C(C)(C)[C@H](O)CC[C@]2(C)[C@@]12Cc1c(O)cc3c(c1O2)CNC3=O. The molecule has 2 heterocycles. The number of ether oxygens (including phenoxy) is 1. The Morgan fingerprint density at radius 3 is 2.68 bits per heavy atom. The second-order valence-electron chi connectivity index (χ2n) is 10.4. The van der Waals surface area contributed by atoms with Crippen LogP contribution in [-0.4, -0.2) is 27.8 Å². The van der Waals surface area contributed by atoms with Gasteiger partial charge in [0.2, 0.25) is 0 Å². The summed E-state index contributed by atoms with van der Waals surface area (Å²) in [5.41, 5.74) is 1.61. The van der Waals surface area contributed by atoms with Gasteiger partial charge in [0.25, 0.3) is 5.91 Å². The third kappa shape index (κ3) is 1.99. The summed E-state index contributed by atoms with van der Waals surface area (Å²) in [6.07, 6.45) is 4.21. The van der Waals surface area contributed by atoms with E-state index >= 15 is 0 Å². The van der Waals surface area contributed by atoms with Gasteiger partial charge < -0.3 is 20.3 Å². The maximum absolute atomic E-state index is 12.2. The van der Waals surface area contributed by atoms with Crippen molar-refractivity contribution in [3.63, 3.8) is 0 Å². The van der Waals surface area contributed by atoms with E-state index in [9.17, 15) is 15.0 Å². The molecule has 2 fully saturated rings. The predicted molar refractivity (Wildman–Crippen MR) is 105 cm³/mol. The number of fused-ring (bicyclic) bond motifs is 5. The summed E-state index contributed by atoms with van der Waals surface area (Å²) in [5, 5.41) is 24.3. The summed E-state index contributed by atoms with van der Waals surface area (Å²) < 4.78 is 6.89. The summed E-state index contributed by atoms with van der Waals surface area (Å²) in [5.74, 6) is 1.46. The number of phenols is 1. The molecule has 0 bridgehead atoms. The van der Waals surface area contributed by atoms with E-state index in [0.717, 1.165) is 42.6 Å². The number of amides is 1. The number of carbonyl (C=O) groups is 1. The van der Waals surface area contributed by atoms with Gasteiger partial charge in [-0.3, -0.25) is 4.79 Å². The first-order chi connectivity index (χ1) is 13.1. The molecule has 5 heteroatoms. The molecule has 1 aromatic carbocycles. The molecule has 0 radical (unpaired) electrons. The second kappa shape index (κ2) is 5.44.